The van der Waals surface area contributed by atoms with Crippen molar-refractivity contribution in [1.29, 1.82) is 0 Å². The Bertz CT molecular complexity index is 957. The number of aliphatic hydroxyl groups is 1. The molecule has 1 atom stereocenters. The van der Waals surface area contributed by atoms with Gasteiger partial charge < -0.3 is 25.1 Å². The Labute approximate surface area is 162 Å². The molecule has 7 heteroatoms. The number of hydrogen-bond acceptors (Lipinski definition) is 5. The molecular formula is C21H23N3O4. The van der Waals surface area contributed by atoms with Gasteiger partial charge in [0.2, 0.25) is 0 Å². The highest BCUT2D eigenvalue weighted by atomic mass is 16.4. The van der Waals surface area contributed by atoms with E-state index in [0.717, 1.165) is 11.1 Å². The number of para-hydroxylation sites is 1. The molecule has 3 N–H and O–H groups in total. The monoisotopic (exact) mass is 381 g/mol. The van der Waals surface area contributed by atoms with Crippen molar-refractivity contribution < 1.29 is 19.1 Å². The van der Waals surface area contributed by atoms with Crippen molar-refractivity contribution in [2.24, 2.45) is 0 Å². The molecule has 0 aliphatic heterocycles. The van der Waals surface area contributed by atoms with Gasteiger partial charge in [-0.25, -0.2) is 0 Å². The summed E-state index contributed by atoms with van der Waals surface area (Å²) >= 11 is 0. The molecule has 1 heterocycles. The van der Waals surface area contributed by atoms with E-state index in [2.05, 4.69) is 10.6 Å². The smallest absolute Gasteiger partial charge is 0.313 e. The lowest BCUT2D eigenvalue weighted by Crippen LogP contribution is -2.43. The van der Waals surface area contributed by atoms with Crippen molar-refractivity contribution in [2.45, 2.75) is 12.5 Å². The predicted molar refractivity (Wildman–Crippen MR) is 108 cm³/mol. The molecule has 0 aliphatic rings. The fraction of sp³-hybridized carbons (Fsp3) is 0.238. The second-order valence-corrected chi connectivity index (χ2v) is 7.00. The van der Waals surface area contributed by atoms with Crippen molar-refractivity contribution in [3.8, 4) is 0 Å². The van der Waals surface area contributed by atoms with E-state index < -0.39 is 17.4 Å². The van der Waals surface area contributed by atoms with Crippen LogP contribution in [0, 0.1) is 0 Å². The average molecular weight is 381 g/mol. The molecule has 28 heavy (non-hydrogen) atoms. The Balaban J connectivity index is 1.59. The molecule has 0 spiro atoms. The normalized spacial score (nSPS) is 13.0. The Hall–Kier alpha value is -3.32. The fourth-order valence-electron chi connectivity index (χ4n) is 2.70. The molecule has 0 saturated carbocycles. The summed E-state index contributed by atoms with van der Waals surface area (Å²) in [5.74, 6) is -1.33. The highest BCUT2D eigenvalue weighted by Gasteiger charge is 2.29. The molecule has 0 aliphatic carbocycles. The molecule has 0 saturated heterocycles. The molecule has 146 valence electrons. The predicted octanol–water partition coefficient (Wildman–Crippen LogP) is 2.46. The van der Waals surface area contributed by atoms with Gasteiger partial charge in [0, 0.05) is 30.9 Å². The van der Waals surface area contributed by atoms with Crippen LogP contribution in [0.4, 0.5) is 11.4 Å². The maximum Gasteiger partial charge on any atom is 0.313 e. The molecule has 1 unspecified atom stereocenters. The molecule has 0 bridgehead atoms. The largest absolute Gasteiger partial charge is 0.458 e. The Morgan fingerprint density at radius 2 is 1.75 bits per heavy atom. The van der Waals surface area contributed by atoms with Gasteiger partial charge in [0.25, 0.3) is 0 Å². The molecule has 0 fully saturated rings. The van der Waals surface area contributed by atoms with E-state index in [9.17, 15) is 14.7 Å². The van der Waals surface area contributed by atoms with Gasteiger partial charge in [-0.3, -0.25) is 9.59 Å². The van der Waals surface area contributed by atoms with Crippen molar-refractivity contribution >= 4 is 34.2 Å². The Kier molecular flexibility index (Phi) is 5.37. The standard InChI is InChI=1S/C21H23N3O4/c1-21(27,18-12-14-6-4-5-7-17(14)28-18)13-22-19(25)20(26)23-15-8-10-16(11-9-15)24(2)3/h4-12,27H,13H2,1-3H3,(H,22,25)(H,23,26). The number of rotatable bonds is 5. The number of furan rings is 1. The zero-order valence-corrected chi connectivity index (χ0v) is 16.0. The van der Waals surface area contributed by atoms with E-state index in [1.54, 1.807) is 24.3 Å². The van der Waals surface area contributed by atoms with Crippen LogP contribution in [0.25, 0.3) is 11.0 Å². The topological polar surface area (TPSA) is 94.8 Å². The maximum absolute atomic E-state index is 12.1. The molecule has 2 aromatic carbocycles. The number of nitrogens with zero attached hydrogens (tertiary/aromatic N) is 1. The van der Waals surface area contributed by atoms with E-state index in [0.29, 0.717) is 17.0 Å². The van der Waals surface area contributed by atoms with E-state index in [-0.39, 0.29) is 6.54 Å². The van der Waals surface area contributed by atoms with Crippen LogP contribution in [0.2, 0.25) is 0 Å². The number of nitrogens with one attached hydrogen (secondary N) is 2. The van der Waals surface area contributed by atoms with E-state index in [4.69, 9.17) is 4.42 Å². The minimum Gasteiger partial charge on any atom is -0.458 e. The number of amides is 2. The lowest BCUT2D eigenvalue weighted by atomic mass is 10.0. The lowest BCUT2D eigenvalue weighted by Gasteiger charge is -2.21. The van der Waals surface area contributed by atoms with Crippen LogP contribution in [0.5, 0.6) is 0 Å². The summed E-state index contributed by atoms with van der Waals surface area (Å²) in [6.07, 6.45) is 0. The molecule has 3 rings (SSSR count). The van der Waals surface area contributed by atoms with Gasteiger partial charge in [0.05, 0.1) is 6.54 Å². The van der Waals surface area contributed by atoms with Crippen molar-refractivity contribution in [3.05, 3.63) is 60.4 Å². The first kappa shape index (κ1) is 19.4. The highest BCUT2D eigenvalue weighted by molar-refractivity contribution is 6.39. The SMILES string of the molecule is CN(C)c1ccc(NC(=O)C(=O)NCC(C)(O)c2cc3ccccc3o2)cc1. The summed E-state index contributed by atoms with van der Waals surface area (Å²) in [5.41, 5.74) is 0.671. The molecule has 3 aromatic rings. The van der Waals surface area contributed by atoms with E-state index >= 15 is 0 Å². The van der Waals surface area contributed by atoms with E-state index in [1.807, 2.05) is 49.3 Å². The second-order valence-electron chi connectivity index (χ2n) is 7.00. The van der Waals surface area contributed by atoms with Gasteiger partial charge in [0.15, 0.2) is 0 Å². The summed E-state index contributed by atoms with van der Waals surface area (Å²) in [6, 6.07) is 16.2. The third kappa shape index (κ3) is 4.32. The van der Waals surface area contributed by atoms with Crippen LogP contribution >= 0.6 is 0 Å². The van der Waals surface area contributed by atoms with Crippen LogP contribution < -0.4 is 15.5 Å². The number of hydrogen-bond donors (Lipinski definition) is 3. The van der Waals surface area contributed by atoms with E-state index in [1.165, 1.54) is 6.92 Å². The number of anilines is 2. The summed E-state index contributed by atoms with van der Waals surface area (Å²) < 4.78 is 5.65. The van der Waals surface area contributed by atoms with Gasteiger partial charge in [-0.2, -0.15) is 0 Å². The Morgan fingerprint density at radius 3 is 2.39 bits per heavy atom. The number of carbonyl (C=O) groups is 2. The van der Waals surface area contributed by atoms with Crippen molar-refractivity contribution in [3.63, 3.8) is 0 Å². The highest BCUT2D eigenvalue weighted by Crippen LogP contribution is 2.27. The first-order valence-electron chi connectivity index (χ1n) is 8.84. The number of fused-ring (bicyclic) bond motifs is 1. The van der Waals surface area contributed by atoms with Gasteiger partial charge in [0.1, 0.15) is 16.9 Å². The number of benzene rings is 2. The number of carbonyl (C=O) groups excluding carboxylic acids is 2. The van der Waals surface area contributed by atoms with Gasteiger partial charge >= 0.3 is 11.8 Å². The summed E-state index contributed by atoms with van der Waals surface area (Å²) in [5, 5.41) is 16.5. The summed E-state index contributed by atoms with van der Waals surface area (Å²) in [6.45, 7) is 1.35. The van der Waals surface area contributed by atoms with Crippen LogP contribution in [0.3, 0.4) is 0 Å². The lowest BCUT2D eigenvalue weighted by molar-refractivity contribution is -0.136. The molecule has 7 nitrogen and oxygen atoms in total. The second kappa shape index (κ2) is 7.74. The molecule has 0 radical (unpaired) electrons. The molecular weight excluding hydrogens is 358 g/mol. The van der Waals surface area contributed by atoms with Crippen molar-refractivity contribution in [2.75, 3.05) is 30.9 Å². The molecule has 2 amide bonds. The first-order chi connectivity index (χ1) is 13.3. The quantitative estimate of drug-likeness (QED) is 0.590. The zero-order valence-electron chi connectivity index (χ0n) is 16.0. The van der Waals surface area contributed by atoms with Crippen LogP contribution in [-0.4, -0.2) is 37.6 Å². The first-order valence-corrected chi connectivity index (χ1v) is 8.84. The maximum atomic E-state index is 12.1. The minimum absolute atomic E-state index is 0.168. The average Bonchev–Trinajstić information content (AvgIpc) is 3.12. The fourth-order valence-corrected chi connectivity index (χ4v) is 2.70. The van der Waals surface area contributed by atoms with Crippen LogP contribution in [0.15, 0.2) is 59.0 Å². The van der Waals surface area contributed by atoms with Crippen molar-refractivity contribution in [1.82, 2.24) is 5.32 Å². The van der Waals surface area contributed by atoms with Gasteiger partial charge in [-0.15, -0.1) is 0 Å². The Morgan fingerprint density at radius 1 is 1.07 bits per heavy atom. The minimum atomic E-state index is -1.46. The zero-order chi connectivity index (χ0) is 20.3. The third-order valence-electron chi connectivity index (χ3n) is 4.40. The summed E-state index contributed by atoms with van der Waals surface area (Å²) in [7, 11) is 3.82. The molecule has 1 aromatic heterocycles. The van der Waals surface area contributed by atoms with Gasteiger partial charge in [-0.1, -0.05) is 18.2 Å². The van der Waals surface area contributed by atoms with Crippen LogP contribution in [-0.2, 0) is 15.2 Å². The summed E-state index contributed by atoms with van der Waals surface area (Å²) in [4.78, 5) is 26.1. The van der Waals surface area contributed by atoms with Crippen LogP contribution in [0.1, 0.15) is 12.7 Å². The third-order valence-corrected chi connectivity index (χ3v) is 4.40. The van der Waals surface area contributed by atoms with Gasteiger partial charge in [-0.05, 0) is 43.3 Å².